The number of aromatic nitrogens is 1. The van der Waals surface area contributed by atoms with E-state index in [1.54, 1.807) is 23.5 Å². The van der Waals surface area contributed by atoms with Crippen molar-refractivity contribution >= 4 is 22.2 Å². The molecule has 0 saturated carbocycles. The van der Waals surface area contributed by atoms with Crippen LogP contribution in [0.4, 0.5) is 15.2 Å². The second-order valence-electron chi connectivity index (χ2n) is 5.81. The number of thiazole rings is 1. The molecule has 0 bridgehead atoms. The van der Waals surface area contributed by atoms with Gasteiger partial charge in [0.15, 0.2) is 5.13 Å². The average Bonchev–Trinajstić information content (AvgIpc) is 2.96. The lowest BCUT2D eigenvalue weighted by Crippen LogP contribution is -1.96. The quantitative estimate of drug-likeness (QED) is 0.645. The third kappa shape index (κ3) is 3.13. The Balaban J connectivity index is 1.95. The molecular formula is C19H19FN2S. The number of hydrogen-bond donors (Lipinski definition) is 1. The van der Waals surface area contributed by atoms with Crippen LogP contribution in [-0.2, 0) is 0 Å². The molecular weight excluding hydrogens is 307 g/mol. The van der Waals surface area contributed by atoms with Crippen LogP contribution in [-0.4, -0.2) is 4.98 Å². The normalized spacial score (nSPS) is 10.8. The van der Waals surface area contributed by atoms with Crippen molar-refractivity contribution in [2.45, 2.75) is 27.7 Å². The minimum Gasteiger partial charge on any atom is -0.332 e. The maximum atomic E-state index is 13.0. The van der Waals surface area contributed by atoms with E-state index >= 15 is 0 Å². The van der Waals surface area contributed by atoms with Crippen molar-refractivity contribution in [2.24, 2.45) is 0 Å². The first kappa shape index (κ1) is 15.7. The fourth-order valence-corrected chi connectivity index (χ4v) is 3.43. The second-order valence-corrected chi connectivity index (χ2v) is 6.66. The van der Waals surface area contributed by atoms with E-state index in [4.69, 9.17) is 4.98 Å². The van der Waals surface area contributed by atoms with Crippen LogP contribution < -0.4 is 5.32 Å². The van der Waals surface area contributed by atoms with Crippen molar-refractivity contribution in [1.29, 1.82) is 0 Å². The molecule has 0 aliphatic carbocycles. The zero-order valence-corrected chi connectivity index (χ0v) is 14.5. The zero-order valence-electron chi connectivity index (χ0n) is 13.7. The largest absolute Gasteiger partial charge is 0.332 e. The summed E-state index contributed by atoms with van der Waals surface area (Å²) >= 11 is 1.56. The van der Waals surface area contributed by atoms with Gasteiger partial charge in [-0.05, 0) is 74.2 Å². The zero-order chi connectivity index (χ0) is 16.6. The summed E-state index contributed by atoms with van der Waals surface area (Å²) in [5.41, 5.74) is 8.14. The van der Waals surface area contributed by atoms with Gasteiger partial charge < -0.3 is 5.32 Å². The number of rotatable bonds is 3. The molecule has 3 aromatic rings. The Morgan fingerprint density at radius 3 is 2.17 bits per heavy atom. The summed E-state index contributed by atoms with van der Waals surface area (Å²) in [5.74, 6) is -0.239. The van der Waals surface area contributed by atoms with Gasteiger partial charge >= 0.3 is 0 Å². The fourth-order valence-electron chi connectivity index (χ4n) is 2.70. The maximum Gasteiger partial charge on any atom is 0.187 e. The van der Waals surface area contributed by atoms with E-state index in [0.29, 0.717) is 0 Å². The fraction of sp³-hybridized carbons (Fsp3) is 0.211. The first-order valence-corrected chi connectivity index (χ1v) is 8.39. The van der Waals surface area contributed by atoms with Gasteiger partial charge in [-0.25, -0.2) is 9.37 Å². The van der Waals surface area contributed by atoms with E-state index < -0.39 is 0 Å². The molecule has 0 amide bonds. The van der Waals surface area contributed by atoms with Gasteiger partial charge in [0.1, 0.15) is 5.82 Å². The van der Waals surface area contributed by atoms with Crippen LogP contribution in [0.1, 0.15) is 22.3 Å². The van der Waals surface area contributed by atoms with Crippen molar-refractivity contribution in [3.8, 4) is 11.3 Å². The lowest BCUT2D eigenvalue weighted by molar-refractivity contribution is 0.628. The van der Waals surface area contributed by atoms with Gasteiger partial charge in [-0.15, -0.1) is 11.3 Å². The number of aryl methyl sites for hydroxylation is 2. The molecule has 0 radical (unpaired) electrons. The van der Waals surface area contributed by atoms with Gasteiger partial charge in [0.25, 0.3) is 0 Å². The van der Waals surface area contributed by atoms with Crippen LogP contribution in [0.3, 0.4) is 0 Å². The molecule has 0 unspecified atom stereocenters. The van der Waals surface area contributed by atoms with Gasteiger partial charge in [0.05, 0.1) is 5.69 Å². The summed E-state index contributed by atoms with van der Waals surface area (Å²) in [6.45, 7) is 8.55. The van der Waals surface area contributed by atoms with Crippen LogP contribution in [0.5, 0.6) is 0 Å². The van der Waals surface area contributed by atoms with Crippen molar-refractivity contribution in [3.63, 3.8) is 0 Å². The summed E-state index contributed by atoms with van der Waals surface area (Å²) in [6, 6.07) is 8.52. The number of hydrogen-bond acceptors (Lipinski definition) is 3. The molecule has 0 atom stereocenters. The highest BCUT2D eigenvalue weighted by Crippen LogP contribution is 2.34. The molecule has 1 heterocycles. The predicted octanol–water partition coefficient (Wildman–Crippen LogP) is 5.93. The molecule has 4 heteroatoms. The molecule has 0 aliphatic heterocycles. The highest BCUT2D eigenvalue weighted by Gasteiger charge is 2.13. The van der Waals surface area contributed by atoms with Gasteiger partial charge in [0, 0.05) is 16.6 Å². The lowest BCUT2D eigenvalue weighted by Gasteiger charge is -2.13. The summed E-state index contributed by atoms with van der Waals surface area (Å²) in [6.07, 6.45) is 0. The predicted molar refractivity (Wildman–Crippen MR) is 96.2 cm³/mol. The molecule has 0 aliphatic rings. The molecule has 118 valence electrons. The highest BCUT2D eigenvalue weighted by molar-refractivity contribution is 7.14. The van der Waals surface area contributed by atoms with Crippen LogP contribution in [0.25, 0.3) is 11.3 Å². The number of nitrogens with one attached hydrogen (secondary N) is 1. The highest BCUT2D eigenvalue weighted by atomic mass is 32.1. The smallest absolute Gasteiger partial charge is 0.187 e. The molecule has 2 aromatic carbocycles. The average molecular weight is 326 g/mol. The second kappa shape index (κ2) is 6.13. The Hall–Kier alpha value is -2.20. The first-order valence-electron chi connectivity index (χ1n) is 7.51. The van der Waals surface area contributed by atoms with Crippen molar-refractivity contribution < 1.29 is 4.39 Å². The molecule has 1 N–H and O–H groups in total. The summed E-state index contributed by atoms with van der Waals surface area (Å²) in [4.78, 5) is 4.72. The molecule has 0 spiro atoms. The third-order valence-electron chi connectivity index (χ3n) is 4.22. The summed E-state index contributed by atoms with van der Waals surface area (Å²) in [7, 11) is 0. The Morgan fingerprint density at radius 1 is 0.957 bits per heavy atom. The monoisotopic (exact) mass is 326 g/mol. The number of anilines is 2. The Morgan fingerprint density at radius 2 is 1.57 bits per heavy atom. The standard InChI is InChI=1S/C19H19FN2S/c1-11-9-12(2)14(4)18(13(11)3)17-10-23-19(22-17)21-16-7-5-15(20)6-8-16/h5-10H,1-4H3,(H,21,22). The van der Waals surface area contributed by atoms with E-state index in [2.05, 4.69) is 44.5 Å². The molecule has 0 saturated heterocycles. The molecule has 3 rings (SSSR count). The molecule has 0 fully saturated rings. The van der Waals surface area contributed by atoms with Crippen LogP contribution in [0.15, 0.2) is 35.7 Å². The minimum atomic E-state index is -0.239. The minimum absolute atomic E-state index is 0.239. The van der Waals surface area contributed by atoms with Gasteiger partial charge in [-0.1, -0.05) is 6.07 Å². The van der Waals surface area contributed by atoms with Crippen LogP contribution >= 0.6 is 11.3 Å². The van der Waals surface area contributed by atoms with Gasteiger partial charge in [-0.3, -0.25) is 0 Å². The number of halogens is 1. The van der Waals surface area contributed by atoms with Gasteiger partial charge in [0.2, 0.25) is 0 Å². The molecule has 1 aromatic heterocycles. The lowest BCUT2D eigenvalue weighted by atomic mass is 9.93. The molecule has 2 nitrogen and oxygen atoms in total. The molecule has 23 heavy (non-hydrogen) atoms. The van der Waals surface area contributed by atoms with E-state index in [9.17, 15) is 4.39 Å². The van der Waals surface area contributed by atoms with Gasteiger partial charge in [-0.2, -0.15) is 0 Å². The Bertz CT molecular complexity index is 824. The van der Waals surface area contributed by atoms with Crippen molar-refractivity contribution in [1.82, 2.24) is 4.98 Å². The summed E-state index contributed by atoms with van der Waals surface area (Å²) < 4.78 is 13.0. The third-order valence-corrected chi connectivity index (χ3v) is 4.98. The van der Waals surface area contributed by atoms with Crippen molar-refractivity contribution in [3.05, 3.63) is 63.8 Å². The van der Waals surface area contributed by atoms with Crippen LogP contribution in [0.2, 0.25) is 0 Å². The Labute approximate surface area is 140 Å². The van der Waals surface area contributed by atoms with E-state index in [1.807, 2.05) is 0 Å². The maximum absolute atomic E-state index is 13.0. The SMILES string of the molecule is Cc1cc(C)c(C)c(-c2csc(Nc3ccc(F)cc3)n2)c1C. The topological polar surface area (TPSA) is 24.9 Å². The number of benzene rings is 2. The van der Waals surface area contributed by atoms with E-state index in [-0.39, 0.29) is 5.82 Å². The number of nitrogens with zero attached hydrogens (tertiary/aromatic N) is 1. The van der Waals surface area contributed by atoms with E-state index in [0.717, 1.165) is 16.5 Å². The summed E-state index contributed by atoms with van der Waals surface area (Å²) in [5, 5.41) is 6.11. The Kier molecular flexibility index (Phi) is 4.18. The van der Waals surface area contributed by atoms with Crippen molar-refractivity contribution in [2.75, 3.05) is 5.32 Å². The van der Waals surface area contributed by atoms with E-state index in [1.165, 1.54) is 39.9 Å². The first-order chi connectivity index (χ1) is 11.0. The van der Waals surface area contributed by atoms with Crippen LogP contribution in [0, 0.1) is 33.5 Å².